The molecule has 1 saturated heterocycles. The zero-order chi connectivity index (χ0) is 17.0. The number of pyridine rings is 1. The van der Waals surface area contributed by atoms with Gasteiger partial charge in [-0.15, -0.1) is 0 Å². The average molecular weight is 346 g/mol. The zero-order valence-corrected chi connectivity index (χ0v) is 13.7. The molecule has 0 spiro atoms. The smallest absolute Gasteiger partial charge is 0.324 e. The molecular formula is C16H18N4O3S. The van der Waals surface area contributed by atoms with E-state index >= 15 is 0 Å². The molecule has 0 bridgehead atoms. The van der Waals surface area contributed by atoms with Crippen molar-refractivity contribution in [2.75, 3.05) is 27.5 Å². The summed E-state index contributed by atoms with van der Waals surface area (Å²) in [6, 6.07) is 12.1. The van der Waals surface area contributed by atoms with E-state index in [4.69, 9.17) is 0 Å². The second-order valence-corrected chi connectivity index (χ2v) is 7.85. The predicted octanol–water partition coefficient (Wildman–Crippen LogP) is 2.32. The van der Waals surface area contributed by atoms with Gasteiger partial charge in [0.1, 0.15) is 5.82 Å². The van der Waals surface area contributed by atoms with E-state index in [0.717, 1.165) is 5.69 Å². The lowest BCUT2D eigenvalue weighted by Crippen LogP contribution is -2.21. The fourth-order valence-corrected chi connectivity index (χ4v) is 4.17. The molecule has 1 atom stereocenters. The Morgan fingerprint density at radius 1 is 1.04 bits per heavy atom. The molecule has 7 nitrogen and oxygen atoms in total. The Morgan fingerprint density at radius 2 is 1.83 bits per heavy atom. The fourth-order valence-electron chi connectivity index (χ4n) is 2.50. The maximum atomic E-state index is 11.9. The molecule has 0 radical (unpaired) electrons. The summed E-state index contributed by atoms with van der Waals surface area (Å²) in [6.45, 7) is 0. The zero-order valence-electron chi connectivity index (χ0n) is 12.9. The monoisotopic (exact) mass is 346 g/mol. The Balaban J connectivity index is 1.54. The molecule has 3 rings (SSSR count). The van der Waals surface area contributed by atoms with Crippen LogP contribution < -0.4 is 16.0 Å². The van der Waals surface area contributed by atoms with E-state index in [-0.39, 0.29) is 23.6 Å². The molecule has 1 aliphatic heterocycles. The third-order valence-electron chi connectivity index (χ3n) is 3.64. The lowest BCUT2D eigenvalue weighted by molar-refractivity contribution is 0.262. The van der Waals surface area contributed by atoms with Crippen LogP contribution in [0, 0.1) is 0 Å². The van der Waals surface area contributed by atoms with E-state index in [0.29, 0.717) is 17.9 Å². The first-order valence-corrected chi connectivity index (χ1v) is 9.38. The van der Waals surface area contributed by atoms with Gasteiger partial charge in [-0.1, -0.05) is 18.2 Å². The summed E-state index contributed by atoms with van der Waals surface area (Å²) in [5.41, 5.74) is 1.42. The van der Waals surface area contributed by atoms with Gasteiger partial charge in [-0.25, -0.2) is 18.2 Å². The Morgan fingerprint density at radius 3 is 2.46 bits per heavy atom. The molecule has 1 aromatic carbocycles. The van der Waals surface area contributed by atoms with Crippen molar-refractivity contribution in [3.63, 3.8) is 0 Å². The summed E-state index contributed by atoms with van der Waals surface area (Å²) in [4.78, 5) is 16.0. The minimum absolute atomic E-state index is 0.0861. The molecule has 0 aliphatic carbocycles. The quantitative estimate of drug-likeness (QED) is 0.789. The van der Waals surface area contributed by atoms with Crippen LogP contribution in [0.5, 0.6) is 0 Å². The average Bonchev–Trinajstić information content (AvgIpc) is 2.89. The number of benzene rings is 1. The van der Waals surface area contributed by atoms with Gasteiger partial charge >= 0.3 is 6.03 Å². The number of nitrogens with zero attached hydrogens (tertiary/aromatic N) is 1. The number of hydrogen-bond acceptors (Lipinski definition) is 5. The molecular weight excluding hydrogens is 328 g/mol. The minimum Gasteiger partial charge on any atom is -0.380 e. The molecule has 126 valence electrons. The van der Waals surface area contributed by atoms with Crippen molar-refractivity contribution in [2.24, 2.45) is 0 Å². The Kier molecular flexibility index (Phi) is 4.66. The number of rotatable bonds is 4. The van der Waals surface area contributed by atoms with Gasteiger partial charge in [0.15, 0.2) is 9.84 Å². The number of carbonyl (C=O) groups is 1. The number of amides is 2. The van der Waals surface area contributed by atoms with Gasteiger partial charge in [0.05, 0.1) is 23.4 Å². The molecule has 2 amide bonds. The number of carbonyl (C=O) groups excluding carboxylic acids is 1. The molecule has 24 heavy (non-hydrogen) atoms. The molecule has 1 unspecified atom stereocenters. The van der Waals surface area contributed by atoms with Crippen molar-refractivity contribution in [2.45, 2.75) is 12.5 Å². The van der Waals surface area contributed by atoms with Gasteiger partial charge in [0.2, 0.25) is 0 Å². The molecule has 2 aromatic rings. The lowest BCUT2D eigenvalue weighted by Gasteiger charge is -2.12. The van der Waals surface area contributed by atoms with Gasteiger partial charge in [-0.05, 0) is 30.7 Å². The molecule has 1 aliphatic rings. The lowest BCUT2D eigenvalue weighted by atomic mass is 10.2. The van der Waals surface area contributed by atoms with Crippen LogP contribution in [0.3, 0.4) is 0 Å². The topological polar surface area (TPSA) is 100 Å². The van der Waals surface area contributed by atoms with Crippen molar-refractivity contribution in [1.82, 2.24) is 4.98 Å². The highest BCUT2D eigenvalue weighted by Crippen LogP contribution is 2.18. The van der Waals surface area contributed by atoms with Gasteiger partial charge in [-0.3, -0.25) is 5.32 Å². The molecule has 0 saturated carbocycles. The van der Waals surface area contributed by atoms with Crippen LogP contribution in [0.25, 0.3) is 0 Å². The third kappa shape index (κ3) is 4.45. The van der Waals surface area contributed by atoms with Crippen molar-refractivity contribution < 1.29 is 13.2 Å². The van der Waals surface area contributed by atoms with Crippen molar-refractivity contribution in [3.8, 4) is 0 Å². The second-order valence-electron chi connectivity index (χ2n) is 5.62. The van der Waals surface area contributed by atoms with E-state index in [9.17, 15) is 13.2 Å². The summed E-state index contributed by atoms with van der Waals surface area (Å²) >= 11 is 0. The van der Waals surface area contributed by atoms with Gasteiger partial charge in [-0.2, -0.15) is 0 Å². The van der Waals surface area contributed by atoms with E-state index < -0.39 is 9.84 Å². The van der Waals surface area contributed by atoms with E-state index in [1.165, 1.54) is 0 Å². The highest BCUT2D eigenvalue weighted by atomic mass is 32.2. The van der Waals surface area contributed by atoms with E-state index in [1.807, 2.05) is 18.2 Å². The van der Waals surface area contributed by atoms with Crippen molar-refractivity contribution in [1.29, 1.82) is 0 Å². The maximum absolute atomic E-state index is 11.9. The van der Waals surface area contributed by atoms with Crippen molar-refractivity contribution >= 4 is 33.1 Å². The first-order valence-electron chi connectivity index (χ1n) is 7.56. The first kappa shape index (κ1) is 16.3. The Hall–Kier alpha value is -2.61. The van der Waals surface area contributed by atoms with Crippen LogP contribution in [-0.2, 0) is 9.84 Å². The summed E-state index contributed by atoms with van der Waals surface area (Å²) in [5, 5.41) is 8.49. The number of urea groups is 1. The van der Waals surface area contributed by atoms with Crippen LogP contribution in [0.1, 0.15) is 6.42 Å². The van der Waals surface area contributed by atoms with Crippen molar-refractivity contribution in [3.05, 3.63) is 48.7 Å². The molecule has 1 fully saturated rings. The van der Waals surface area contributed by atoms with Gasteiger partial charge in [0.25, 0.3) is 0 Å². The Bertz CT molecular complexity index is 807. The van der Waals surface area contributed by atoms with E-state index in [1.54, 1.807) is 30.5 Å². The fraction of sp³-hybridized carbons (Fsp3) is 0.250. The number of nitrogens with one attached hydrogen (secondary N) is 3. The summed E-state index contributed by atoms with van der Waals surface area (Å²) in [5.74, 6) is 0.775. The second kappa shape index (κ2) is 6.88. The number of aromatic nitrogens is 1. The van der Waals surface area contributed by atoms with E-state index in [2.05, 4.69) is 20.9 Å². The standard InChI is InChI=1S/C16H18N4O3S/c21-16(19-12-4-2-1-3-5-12)20-15-7-6-13(10-17-15)18-14-8-9-24(22,23)11-14/h1-7,10,14,18H,8-9,11H2,(H2,17,19,20,21). The van der Waals surface area contributed by atoms with Crippen LogP contribution in [0.4, 0.5) is 22.0 Å². The normalized spacial score (nSPS) is 18.8. The maximum Gasteiger partial charge on any atom is 0.324 e. The minimum atomic E-state index is -2.92. The van der Waals surface area contributed by atoms with Crippen LogP contribution in [0.2, 0.25) is 0 Å². The summed E-state index contributed by atoms with van der Waals surface area (Å²) in [7, 11) is -2.92. The molecule has 8 heteroatoms. The highest BCUT2D eigenvalue weighted by molar-refractivity contribution is 7.91. The van der Waals surface area contributed by atoms with Gasteiger partial charge < -0.3 is 10.6 Å². The highest BCUT2D eigenvalue weighted by Gasteiger charge is 2.27. The summed E-state index contributed by atoms with van der Waals surface area (Å²) in [6.07, 6.45) is 2.17. The van der Waals surface area contributed by atoms with Crippen LogP contribution in [-0.4, -0.2) is 37.0 Å². The largest absolute Gasteiger partial charge is 0.380 e. The number of hydrogen-bond donors (Lipinski definition) is 3. The number of para-hydroxylation sites is 1. The Labute approximate surface area is 140 Å². The summed E-state index contributed by atoms with van der Waals surface area (Å²) < 4.78 is 22.9. The van der Waals surface area contributed by atoms with Crippen LogP contribution >= 0.6 is 0 Å². The first-order chi connectivity index (χ1) is 11.5. The SMILES string of the molecule is O=C(Nc1ccccc1)Nc1ccc(NC2CCS(=O)(=O)C2)cn1. The number of anilines is 3. The van der Waals surface area contributed by atoms with Crippen LogP contribution in [0.15, 0.2) is 48.7 Å². The predicted molar refractivity (Wildman–Crippen MR) is 94.0 cm³/mol. The third-order valence-corrected chi connectivity index (χ3v) is 5.41. The van der Waals surface area contributed by atoms with Gasteiger partial charge in [0, 0.05) is 11.7 Å². The molecule has 2 heterocycles. The molecule has 3 N–H and O–H groups in total. The molecule has 1 aromatic heterocycles. The number of sulfone groups is 1.